The van der Waals surface area contributed by atoms with Crippen molar-refractivity contribution in [2.75, 3.05) is 13.1 Å². The number of nitrogens with zero attached hydrogens (tertiary/aromatic N) is 2. The zero-order valence-corrected chi connectivity index (χ0v) is 15.3. The first kappa shape index (κ1) is 19.5. The highest BCUT2D eigenvalue weighted by Gasteiger charge is 2.17. The molecule has 0 bridgehead atoms. The number of rotatable bonds is 7. The third-order valence-electron chi connectivity index (χ3n) is 3.58. The molecule has 7 heteroatoms. The fourth-order valence-corrected chi connectivity index (χ4v) is 2.51. The maximum Gasteiger partial charge on any atom is 0.313 e. The summed E-state index contributed by atoms with van der Waals surface area (Å²) in [7, 11) is 0. The highest BCUT2D eigenvalue weighted by molar-refractivity contribution is 6.30. The minimum absolute atomic E-state index is 0.0796. The smallest absolute Gasteiger partial charge is 0.313 e. The second-order valence-corrected chi connectivity index (χ2v) is 6.21. The minimum atomic E-state index is -0.560. The molecule has 1 amide bonds. The normalized spacial score (nSPS) is 10.3. The fraction of sp³-hybridized carbons (Fsp3) is 0.211. The molecule has 0 aliphatic rings. The molecule has 2 rings (SSSR count). The predicted octanol–water partition coefficient (Wildman–Crippen LogP) is 5.08. The Balaban J connectivity index is 2.19. The number of halogens is 1. The summed E-state index contributed by atoms with van der Waals surface area (Å²) >= 11 is 5.79. The lowest BCUT2D eigenvalue weighted by Crippen LogP contribution is -2.32. The van der Waals surface area contributed by atoms with Gasteiger partial charge in [0.05, 0.1) is 4.92 Å². The van der Waals surface area contributed by atoms with Gasteiger partial charge in [-0.2, -0.15) is 0 Å². The van der Waals surface area contributed by atoms with Crippen molar-refractivity contribution in [1.82, 2.24) is 4.90 Å². The largest absolute Gasteiger partial charge is 0.450 e. The molecule has 26 heavy (non-hydrogen) atoms. The van der Waals surface area contributed by atoms with Gasteiger partial charge in [-0.25, -0.2) is 0 Å². The third kappa shape index (κ3) is 4.83. The van der Waals surface area contributed by atoms with E-state index >= 15 is 0 Å². The van der Waals surface area contributed by atoms with E-state index in [2.05, 4.69) is 6.58 Å². The molecule has 0 radical (unpaired) electrons. The minimum Gasteiger partial charge on any atom is -0.450 e. The molecule has 0 saturated carbocycles. The number of hydrogen-bond donors (Lipinski definition) is 0. The molecule has 136 valence electrons. The van der Waals surface area contributed by atoms with E-state index in [1.54, 1.807) is 29.2 Å². The maximum atomic E-state index is 12.5. The average Bonchev–Trinajstić information content (AvgIpc) is 2.61. The molecule has 2 aromatic carbocycles. The number of amides is 1. The molecule has 0 N–H and O–H groups in total. The Kier molecular flexibility index (Phi) is 6.36. The van der Waals surface area contributed by atoms with Gasteiger partial charge in [0.1, 0.15) is 5.75 Å². The first-order valence-corrected chi connectivity index (χ1v) is 8.35. The molecule has 2 aromatic rings. The number of carbonyl (C=O) groups is 1. The molecular weight excluding hydrogens is 356 g/mol. The number of ether oxygens (including phenoxy) is 1. The van der Waals surface area contributed by atoms with Gasteiger partial charge in [-0.15, -0.1) is 0 Å². The summed E-state index contributed by atoms with van der Waals surface area (Å²) in [6, 6.07) is 10.6. The van der Waals surface area contributed by atoms with Crippen LogP contribution in [0.5, 0.6) is 11.5 Å². The molecule has 0 saturated heterocycles. The number of nitro groups is 1. The van der Waals surface area contributed by atoms with Crippen molar-refractivity contribution < 1.29 is 14.5 Å². The SMILES string of the molecule is C=C(C)CN(CC)C(=O)c1ccc(Oc2ccc(Cl)cc2[N+](=O)[O-])cc1. The van der Waals surface area contributed by atoms with E-state index in [0.29, 0.717) is 24.4 Å². The van der Waals surface area contributed by atoms with E-state index in [-0.39, 0.29) is 22.4 Å². The zero-order chi connectivity index (χ0) is 19.3. The van der Waals surface area contributed by atoms with Crippen LogP contribution in [0.4, 0.5) is 5.69 Å². The average molecular weight is 375 g/mol. The van der Waals surface area contributed by atoms with E-state index in [1.165, 1.54) is 18.2 Å². The number of hydrogen-bond acceptors (Lipinski definition) is 4. The summed E-state index contributed by atoms with van der Waals surface area (Å²) in [6.07, 6.45) is 0. The van der Waals surface area contributed by atoms with Gasteiger partial charge < -0.3 is 9.64 Å². The standard InChI is InChI=1S/C19H19ClN2O4/c1-4-21(12-13(2)3)19(23)14-5-8-16(9-6-14)26-18-10-7-15(20)11-17(18)22(24)25/h5-11H,2,4,12H2,1,3H3. The van der Waals surface area contributed by atoms with Gasteiger partial charge in [-0.05, 0) is 50.2 Å². The van der Waals surface area contributed by atoms with Gasteiger partial charge in [-0.1, -0.05) is 23.8 Å². The van der Waals surface area contributed by atoms with E-state index in [1.807, 2.05) is 13.8 Å². The molecular formula is C19H19ClN2O4. The third-order valence-corrected chi connectivity index (χ3v) is 3.81. The second-order valence-electron chi connectivity index (χ2n) is 5.77. The van der Waals surface area contributed by atoms with Crippen LogP contribution in [0.25, 0.3) is 0 Å². The van der Waals surface area contributed by atoms with Crippen LogP contribution < -0.4 is 4.74 Å². The van der Waals surface area contributed by atoms with Gasteiger partial charge in [0.25, 0.3) is 5.91 Å². The lowest BCUT2D eigenvalue weighted by Gasteiger charge is -2.21. The van der Waals surface area contributed by atoms with Crippen molar-refractivity contribution in [3.8, 4) is 11.5 Å². The monoisotopic (exact) mass is 374 g/mol. The summed E-state index contributed by atoms with van der Waals surface area (Å²) in [5.41, 5.74) is 1.18. The lowest BCUT2D eigenvalue weighted by atomic mass is 10.1. The molecule has 0 aromatic heterocycles. The molecule has 0 unspecified atom stereocenters. The van der Waals surface area contributed by atoms with Crippen molar-refractivity contribution in [3.05, 3.63) is 75.3 Å². The van der Waals surface area contributed by atoms with Crippen molar-refractivity contribution >= 4 is 23.2 Å². The Bertz CT molecular complexity index is 834. The first-order chi connectivity index (χ1) is 12.3. The Hall–Kier alpha value is -2.86. The van der Waals surface area contributed by atoms with Crippen LogP contribution in [0.2, 0.25) is 5.02 Å². The number of benzene rings is 2. The summed E-state index contributed by atoms with van der Waals surface area (Å²) in [5.74, 6) is 0.352. The Morgan fingerprint density at radius 3 is 2.46 bits per heavy atom. The Morgan fingerprint density at radius 1 is 1.27 bits per heavy atom. The van der Waals surface area contributed by atoms with Crippen molar-refractivity contribution in [2.24, 2.45) is 0 Å². The Labute approximate surface area is 156 Å². The molecule has 6 nitrogen and oxygen atoms in total. The van der Waals surface area contributed by atoms with E-state index in [4.69, 9.17) is 16.3 Å². The highest BCUT2D eigenvalue weighted by Crippen LogP contribution is 2.33. The van der Waals surface area contributed by atoms with Crippen molar-refractivity contribution in [1.29, 1.82) is 0 Å². The second kappa shape index (κ2) is 8.49. The van der Waals surface area contributed by atoms with Crippen LogP contribution in [0, 0.1) is 10.1 Å². The fourth-order valence-electron chi connectivity index (χ4n) is 2.35. The maximum absolute atomic E-state index is 12.5. The number of carbonyl (C=O) groups excluding carboxylic acids is 1. The van der Waals surface area contributed by atoms with Crippen LogP contribution >= 0.6 is 11.6 Å². The van der Waals surface area contributed by atoms with Crippen LogP contribution in [0.1, 0.15) is 24.2 Å². The van der Waals surface area contributed by atoms with E-state index in [0.717, 1.165) is 5.57 Å². The van der Waals surface area contributed by atoms with Crippen LogP contribution in [-0.4, -0.2) is 28.8 Å². The molecule has 0 heterocycles. The quantitative estimate of drug-likeness (QED) is 0.385. The summed E-state index contributed by atoms with van der Waals surface area (Å²) in [6.45, 7) is 8.66. The topological polar surface area (TPSA) is 72.7 Å². The Morgan fingerprint density at radius 2 is 1.92 bits per heavy atom. The number of nitro benzene ring substituents is 1. The lowest BCUT2D eigenvalue weighted by molar-refractivity contribution is -0.385. The number of likely N-dealkylation sites (N-methyl/N-ethyl adjacent to an activating group) is 1. The van der Waals surface area contributed by atoms with Crippen molar-refractivity contribution in [2.45, 2.75) is 13.8 Å². The first-order valence-electron chi connectivity index (χ1n) is 7.97. The zero-order valence-electron chi connectivity index (χ0n) is 14.6. The van der Waals surface area contributed by atoms with E-state index < -0.39 is 4.92 Å². The van der Waals surface area contributed by atoms with E-state index in [9.17, 15) is 14.9 Å². The van der Waals surface area contributed by atoms with Crippen LogP contribution in [-0.2, 0) is 0 Å². The summed E-state index contributed by atoms with van der Waals surface area (Å²) < 4.78 is 5.57. The molecule has 0 aliphatic heterocycles. The van der Waals surface area contributed by atoms with Gasteiger partial charge in [0.15, 0.2) is 0 Å². The van der Waals surface area contributed by atoms with Gasteiger partial charge >= 0.3 is 5.69 Å². The summed E-state index contributed by atoms with van der Waals surface area (Å²) in [5, 5.41) is 11.4. The van der Waals surface area contributed by atoms with Gasteiger partial charge in [0, 0.05) is 29.7 Å². The van der Waals surface area contributed by atoms with Crippen LogP contribution in [0.3, 0.4) is 0 Å². The van der Waals surface area contributed by atoms with Gasteiger partial charge in [-0.3, -0.25) is 14.9 Å². The van der Waals surface area contributed by atoms with Gasteiger partial charge in [0.2, 0.25) is 5.75 Å². The molecule has 0 aliphatic carbocycles. The van der Waals surface area contributed by atoms with Crippen molar-refractivity contribution in [3.63, 3.8) is 0 Å². The highest BCUT2D eigenvalue weighted by atomic mass is 35.5. The molecule has 0 fully saturated rings. The molecule has 0 atom stereocenters. The molecule has 0 spiro atoms. The van der Waals surface area contributed by atoms with Crippen LogP contribution in [0.15, 0.2) is 54.6 Å². The predicted molar refractivity (Wildman–Crippen MR) is 101 cm³/mol. The summed E-state index contributed by atoms with van der Waals surface area (Å²) in [4.78, 5) is 24.7.